The maximum absolute atomic E-state index is 12.3. The minimum atomic E-state index is 0.120. The van der Waals surface area contributed by atoms with Crippen LogP contribution in [0, 0.1) is 5.92 Å². The van der Waals surface area contributed by atoms with E-state index in [-0.39, 0.29) is 12.6 Å². The molecule has 2 unspecified atom stereocenters. The number of amides is 2. The van der Waals surface area contributed by atoms with Gasteiger partial charge in [-0.15, -0.1) is 0 Å². The number of nitrogens with zero attached hydrogens (tertiary/aromatic N) is 1. The van der Waals surface area contributed by atoms with Crippen molar-refractivity contribution in [2.45, 2.75) is 64.0 Å². The zero-order valence-electron chi connectivity index (χ0n) is 11.4. The lowest BCUT2D eigenvalue weighted by molar-refractivity contribution is 0.184. The van der Waals surface area contributed by atoms with E-state index in [0.717, 1.165) is 38.6 Å². The quantitative estimate of drug-likeness (QED) is 0.713. The Kier molecular flexibility index (Phi) is 4.87. The van der Waals surface area contributed by atoms with E-state index < -0.39 is 0 Å². The van der Waals surface area contributed by atoms with Gasteiger partial charge in [0.25, 0.3) is 0 Å². The van der Waals surface area contributed by atoms with E-state index in [9.17, 15) is 4.79 Å². The van der Waals surface area contributed by atoms with Crippen LogP contribution in [0.3, 0.4) is 0 Å². The third-order valence-corrected chi connectivity index (χ3v) is 4.23. The minimum absolute atomic E-state index is 0.120. The standard InChI is InChI=1S/C14H26N2O2/c1-11-5-4-6-13(11)15-14(18)16(12-7-8-12)9-2-3-10-17/h11-13,17H,2-10H2,1H3,(H,15,18). The van der Waals surface area contributed by atoms with Gasteiger partial charge in [-0.1, -0.05) is 13.3 Å². The summed E-state index contributed by atoms with van der Waals surface area (Å²) in [5.74, 6) is 0.618. The predicted molar refractivity (Wildman–Crippen MR) is 71.4 cm³/mol. The maximum atomic E-state index is 12.3. The molecule has 0 aromatic carbocycles. The van der Waals surface area contributed by atoms with Crippen molar-refractivity contribution in [2.75, 3.05) is 13.2 Å². The van der Waals surface area contributed by atoms with Gasteiger partial charge in [0.2, 0.25) is 0 Å². The fraction of sp³-hybridized carbons (Fsp3) is 0.929. The van der Waals surface area contributed by atoms with Crippen LogP contribution < -0.4 is 5.32 Å². The van der Waals surface area contributed by atoms with Gasteiger partial charge >= 0.3 is 6.03 Å². The molecule has 2 amide bonds. The number of carbonyl (C=O) groups is 1. The zero-order chi connectivity index (χ0) is 13.0. The highest BCUT2D eigenvalue weighted by Gasteiger charge is 2.34. The van der Waals surface area contributed by atoms with E-state index in [1.807, 2.05) is 4.90 Å². The van der Waals surface area contributed by atoms with Crippen molar-refractivity contribution in [3.8, 4) is 0 Å². The van der Waals surface area contributed by atoms with Crippen molar-refractivity contribution in [3.05, 3.63) is 0 Å². The summed E-state index contributed by atoms with van der Waals surface area (Å²) in [7, 11) is 0. The molecule has 104 valence electrons. The Morgan fingerprint density at radius 1 is 1.28 bits per heavy atom. The Labute approximate surface area is 110 Å². The Bertz CT molecular complexity index is 279. The predicted octanol–water partition coefficient (Wildman–Crippen LogP) is 2.12. The number of aliphatic hydroxyl groups is 1. The third kappa shape index (κ3) is 3.61. The Morgan fingerprint density at radius 2 is 2.06 bits per heavy atom. The van der Waals surface area contributed by atoms with Crippen molar-refractivity contribution in [1.29, 1.82) is 0 Å². The highest BCUT2D eigenvalue weighted by Crippen LogP contribution is 2.29. The number of nitrogens with one attached hydrogen (secondary N) is 1. The van der Waals surface area contributed by atoms with E-state index in [0.29, 0.717) is 18.0 Å². The number of aliphatic hydroxyl groups excluding tert-OH is 1. The van der Waals surface area contributed by atoms with E-state index in [4.69, 9.17) is 5.11 Å². The van der Waals surface area contributed by atoms with Crippen LogP contribution in [0.2, 0.25) is 0 Å². The molecular formula is C14H26N2O2. The fourth-order valence-electron chi connectivity index (χ4n) is 2.83. The van der Waals surface area contributed by atoms with Crippen molar-refractivity contribution in [1.82, 2.24) is 10.2 Å². The van der Waals surface area contributed by atoms with Crippen LogP contribution in [0.4, 0.5) is 4.79 Å². The molecule has 2 saturated carbocycles. The number of carbonyl (C=O) groups excluding carboxylic acids is 1. The average Bonchev–Trinajstić information content (AvgIpc) is 3.10. The Hall–Kier alpha value is -0.770. The first-order chi connectivity index (χ1) is 8.72. The first-order valence-corrected chi connectivity index (χ1v) is 7.40. The Morgan fingerprint density at radius 3 is 2.61 bits per heavy atom. The highest BCUT2D eigenvalue weighted by molar-refractivity contribution is 5.75. The van der Waals surface area contributed by atoms with E-state index >= 15 is 0 Å². The summed E-state index contributed by atoms with van der Waals surface area (Å²) in [6.07, 6.45) is 7.58. The van der Waals surface area contributed by atoms with Gasteiger partial charge in [0.1, 0.15) is 0 Å². The zero-order valence-corrected chi connectivity index (χ0v) is 11.4. The minimum Gasteiger partial charge on any atom is -0.396 e. The normalized spacial score (nSPS) is 27.2. The number of hydrogen-bond donors (Lipinski definition) is 2. The molecule has 0 saturated heterocycles. The van der Waals surface area contributed by atoms with Gasteiger partial charge in [-0.05, 0) is 44.4 Å². The van der Waals surface area contributed by atoms with Crippen molar-refractivity contribution in [3.63, 3.8) is 0 Å². The van der Waals surface area contributed by atoms with Crippen molar-refractivity contribution >= 4 is 6.03 Å². The second-order valence-electron chi connectivity index (χ2n) is 5.82. The monoisotopic (exact) mass is 254 g/mol. The molecule has 4 heteroatoms. The van der Waals surface area contributed by atoms with Crippen LogP contribution in [0.25, 0.3) is 0 Å². The van der Waals surface area contributed by atoms with Crippen LogP contribution in [0.5, 0.6) is 0 Å². The summed E-state index contributed by atoms with van der Waals surface area (Å²) in [6.45, 7) is 3.24. The third-order valence-electron chi connectivity index (χ3n) is 4.23. The summed E-state index contributed by atoms with van der Waals surface area (Å²) in [4.78, 5) is 14.3. The van der Waals surface area contributed by atoms with E-state index in [2.05, 4.69) is 12.2 Å². The molecule has 2 rings (SSSR count). The largest absolute Gasteiger partial charge is 0.396 e. The smallest absolute Gasteiger partial charge is 0.317 e. The molecule has 2 N–H and O–H groups in total. The van der Waals surface area contributed by atoms with Gasteiger partial charge in [0.15, 0.2) is 0 Å². The second kappa shape index (κ2) is 6.41. The van der Waals surface area contributed by atoms with Gasteiger partial charge in [0, 0.05) is 25.2 Å². The topological polar surface area (TPSA) is 52.6 Å². The van der Waals surface area contributed by atoms with Crippen LogP contribution in [-0.4, -0.2) is 41.3 Å². The molecule has 18 heavy (non-hydrogen) atoms. The van der Waals surface area contributed by atoms with Gasteiger partial charge in [-0.25, -0.2) is 4.79 Å². The molecule has 0 radical (unpaired) electrons. The maximum Gasteiger partial charge on any atom is 0.317 e. The molecule has 4 nitrogen and oxygen atoms in total. The molecule has 0 aromatic rings. The molecule has 2 aliphatic rings. The van der Waals surface area contributed by atoms with E-state index in [1.54, 1.807) is 0 Å². The number of hydrogen-bond acceptors (Lipinski definition) is 2. The summed E-state index contributed by atoms with van der Waals surface area (Å²) >= 11 is 0. The lowest BCUT2D eigenvalue weighted by atomic mass is 10.1. The first-order valence-electron chi connectivity index (χ1n) is 7.40. The molecule has 0 aliphatic heterocycles. The second-order valence-corrected chi connectivity index (χ2v) is 5.82. The lowest BCUT2D eigenvalue weighted by Gasteiger charge is -2.26. The number of rotatable bonds is 6. The first kappa shape index (κ1) is 13.7. The molecule has 0 aromatic heterocycles. The average molecular weight is 254 g/mol. The number of unbranched alkanes of at least 4 members (excludes halogenated alkanes) is 1. The molecule has 0 bridgehead atoms. The highest BCUT2D eigenvalue weighted by atomic mass is 16.3. The van der Waals surface area contributed by atoms with Crippen LogP contribution in [0.1, 0.15) is 51.9 Å². The van der Waals surface area contributed by atoms with Crippen LogP contribution in [-0.2, 0) is 0 Å². The molecule has 0 heterocycles. The fourth-order valence-corrected chi connectivity index (χ4v) is 2.83. The lowest BCUT2D eigenvalue weighted by Crippen LogP contribution is -2.47. The summed E-state index contributed by atoms with van der Waals surface area (Å²) in [6, 6.07) is 0.950. The SMILES string of the molecule is CC1CCCC1NC(=O)N(CCCCO)C1CC1. The molecule has 0 spiro atoms. The van der Waals surface area contributed by atoms with Crippen LogP contribution >= 0.6 is 0 Å². The van der Waals surface area contributed by atoms with E-state index in [1.165, 1.54) is 12.8 Å². The van der Waals surface area contributed by atoms with Gasteiger partial charge < -0.3 is 15.3 Å². The van der Waals surface area contributed by atoms with Crippen molar-refractivity contribution < 1.29 is 9.90 Å². The summed E-state index contributed by atoms with van der Waals surface area (Å²) in [5, 5.41) is 12.0. The molecular weight excluding hydrogens is 228 g/mol. The van der Waals surface area contributed by atoms with Gasteiger partial charge in [-0.2, -0.15) is 0 Å². The van der Waals surface area contributed by atoms with Gasteiger partial charge in [0.05, 0.1) is 0 Å². The molecule has 2 fully saturated rings. The Balaban J connectivity index is 1.79. The summed E-state index contributed by atoms with van der Waals surface area (Å²) < 4.78 is 0. The molecule has 2 atom stereocenters. The van der Waals surface area contributed by atoms with Gasteiger partial charge in [-0.3, -0.25) is 0 Å². The van der Waals surface area contributed by atoms with Crippen molar-refractivity contribution in [2.24, 2.45) is 5.92 Å². The number of urea groups is 1. The summed E-state index contributed by atoms with van der Waals surface area (Å²) in [5.41, 5.74) is 0. The molecule has 2 aliphatic carbocycles. The van der Waals surface area contributed by atoms with Crippen LogP contribution in [0.15, 0.2) is 0 Å².